The number of rotatable bonds is 6. The van der Waals surface area contributed by atoms with E-state index in [-0.39, 0.29) is 35.8 Å². The van der Waals surface area contributed by atoms with E-state index in [2.05, 4.69) is 0 Å². The van der Waals surface area contributed by atoms with Gasteiger partial charge in [0.1, 0.15) is 24.5 Å². The van der Waals surface area contributed by atoms with Crippen LogP contribution in [0.25, 0.3) is 0 Å². The third-order valence-corrected chi connectivity index (χ3v) is 3.82. The number of esters is 1. The molecular formula is C18H15NO8. The first-order valence-corrected chi connectivity index (χ1v) is 7.92. The molecule has 1 heterocycles. The number of Topliss-reactive ketones (excluding diaryl/α,β-unsaturated/α-hetero) is 1. The minimum atomic E-state index is -1.01. The van der Waals surface area contributed by atoms with Gasteiger partial charge in [-0.2, -0.15) is 0 Å². The molecule has 1 aliphatic rings. The summed E-state index contributed by atoms with van der Waals surface area (Å²) in [7, 11) is 1.41. The van der Waals surface area contributed by atoms with Crippen LogP contribution in [0.5, 0.6) is 17.2 Å². The van der Waals surface area contributed by atoms with Gasteiger partial charge in [0.2, 0.25) is 5.78 Å². The summed E-state index contributed by atoms with van der Waals surface area (Å²) in [5.74, 6) is -0.795. The minimum absolute atomic E-state index is 0.176. The lowest BCUT2D eigenvalue weighted by Gasteiger charge is -2.18. The van der Waals surface area contributed by atoms with Gasteiger partial charge >= 0.3 is 5.97 Å². The maximum atomic E-state index is 12.3. The number of nitrogens with zero attached hydrogens (tertiary/aromatic N) is 1. The lowest BCUT2D eigenvalue weighted by Crippen LogP contribution is -2.18. The van der Waals surface area contributed by atoms with E-state index in [1.165, 1.54) is 19.2 Å². The average molecular weight is 373 g/mol. The summed E-state index contributed by atoms with van der Waals surface area (Å²) in [6.07, 6.45) is 0. The van der Waals surface area contributed by atoms with E-state index in [1.807, 2.05) is 0 Å². The molecule has 3 rings (SSSR count). The third kappa shape index (κ3) is 3.81. The topological polar surface area (TPSA) is 114 Å². The van der Waals surface area contributed by atoms with Crippen LogP contribution in [-0.2, 0) is 4.74 Å². The van der Waals surface area contributed by atoms with E-state index >= 15 is 0 Å². The molecule has 0 aliphatic carbocycles. The highest BCUT2D eigenvalue weighted by Gasteiger charge is 2.28. The second-order valence-electron chi connectivity index (χ2n) is 5.47. The van der Waals surface area contributed by atoms with E-state index in [0.29, 0.717) is 5.75 Å². The largest absolute Gasteiger partial charge is 0.496 e. The molecule has 2 aromatic carbocycles. The van der Waals surface area contributed by atoms with Gasteiger partial charge in [-0.25, -0.2) is 4.79 Å². The fourth-order valence-corrected chi connectivity index (χ4v) is 2.55. The zero-order valence-electron chi connectivity index (χ0n) is 14.3. The van der Waals surface area contributed by atoms with E-state index in [1.54, 1.807) is 18.2 Å². The van der Waals surface area contributed by atoms with Gasteiger partial charge in [-0.1, -0.05) is 12.1 Å². The summed E-state index contributed by atoms with van der Waals surface area (Å²) in [4.78, 5) is 35.2. The highest BCUT2D eigenvalue weighted by Crippen LogP contribution is 2.36. The van der Waals surface area contributed by atoms with Gasteiger partial charge in [0.15, 0.2) is 18.1 Å². The number of nitro groups is 1. The van der Waals surface area contributed by atoms with Crippen molar-refractivity contribution in [1.82, 2.24) is 0 Å². The maximum absolute atomic E-state index is 12.3. The second kappa shape index (κ2) is 7.73. The molecule has 0 amide bonds. The van der Waals surface area contributed by atoms with Crippen LogP contribution >= 0.6 is 0 Å². The molecule has 0 fully saturated rings. The standard InChI is InChI=1S/C18H15NO8/c1-24-15-5-3-2-4-11(15)14(20)10-27-18(21)12-8-16-17(26-7-6-25-16)9-13(12)19(22)23/h2-5,8-9H,6-7,10H2,1H3. The number of nitro benzene ring substituents is 1. The molecule has 1 aliphatic heterocycles. The van der Waals surface area contributed by atoms with Crippen molar-refractivity contribution >= 4 is 17.4 Å². The molecule has 0 radical (unpaired) electrons. The smallest absolute Gasteiger partial charge is 0.345 e. The lowest BCUT2D eigenvalue weighted by molar-refractivity contribution is -0.385. The van der Waals surface area contributed by atoms with Crippen LogP contribution in [0.2, 0.25) is 0 Å². The zero-order chi connectivity index (χ0) is 19.4. The molecule has 0 spiro atoms. The Labute approximate surface area is 153 Å². The molecule has 0 atom stereocenters. The van der Waals surface area contributed by atoms with Crippen molar-refractivity contribution < 1.29 is 33.5 Å². The average Bonchev–Trinajstić information content (AvgIpc) is 2.70. The number of carbonyl (C=O) groups is 2. The predicted molar refractivity (Wildman–Crippen MR) is 91.7 cm³/mol. The van der Waals surface area contributed by atoms with E-state index in [4.69, 9.17) is 18.9 Å². The number of para-hydroxylation sites is 1. The Balaban J connectivity index is 1.80. The Bertz CT molecular complexity index is 908. The number of hydrogen-bond acceptors (Lipinski definition) is 8. The molecule has 0 N–H and O–H groups in total. The molecule has 0 aromatic heterocycles. The fourth-order valence-electron chi connectivity index (χ4n) is 2.55. The summed E-state index contributed by atoms with van der Waals surface area (Å²) in [5.41, 5.74) is -0.574. The van der Waals surface area contributed by atoms with Crippen LogP contribution in [0, 0.1) is 10.1 Å². The number of carbonyl (C=O) groups excluding carboxylic acids is 2. The Morgan fingerprint density at radius 3 is 2.44 bits per heavy atom. The van der Waals surface area contributed by atoms with Gasteiger partial charge < -0.3 is 18.9 Å². The van der Waals surface area contributed by atoms with E-state index < -0.39 is 29.0 Å². The first-order chi connectivity index (χ1) is 13.0. The number of fused-ring (bicyclic) bond motifs is 1. The summed E-state index contributed by atoms with van der Waals surface area (Å²) >= 11 is 0. The normalized spacial score (nSPS) is 12.2. The Morgan fingerprint density at radius 1 is 1.11 bits per heavy atom. The van der Waals surface area contributed by atoms with Crippen LogP contribution in [0.15, 0.2) is 36.4 Å². The van der Waals surface area contributed by atoms with Crippen LogP contribution < -0.4 is 14.2 Å². The summed E-state index contributed by atoms with van der Waals surface area (Å²) in [6.45, 7) is -0.0856. The summed E-state index contributed by atoms with van der Waals surface area (Å²) in [6, 6.07) is 8.75. The Hall–Kier alpha value is -3.62. The Kier molecular flexibility index (Phi) is 5.20. The van der Waals surface area contributed by atoms with Gasteiger partial charge in [0.05, 0.1) is 23.7 Å². The Morgan fingerprint density at radius 2 is 1.78 bits per heavy atom. The molecule has 27 heavy (non-hydrogen) atoms. The highest BCUT2D eigenvalue weighted by molar-refractivity contribution is 6.02. The first kappa shape index (κ1) is 18.2. The van der Waals surface area contributed by atoms with Crippen molar-refractivity contribution in [3.05, 3.63) is 57.6 Å². The van der Waals surface area contributed by atoms with Gasteiger partial charge in [-0.15, -0.1) is 0 Å². The number of methoxy groups -OCH3 is 1. The monoisotopic (exact) mass is 373 g/mol. The summed E-state index contributed by atoms with van der Waals surface area (Å²) < 4.78 is 20.7. The molecule has 9 nitrogen and oxygen atoms in total. The number of hydrogen-bond donors (Lipinski definition) is 0. The third-order valence-electron chi connectivity index (χ3n) is 3.82. The van der Waals surface area contributed by atoms with Gasteiger partial charge in [0, 0.05) is 6.07 Å². The van der Waals surface area contributed by atoms with Gasteiger partial charge in [0.25, 0.3) is 5.69 Å². The number of ketones is 1. The molecule has 2 aromatic rings. The SMILES string of the molecule is COc1ccccc1C(=O)COC(=O)c1cc2c(cc1[N+](=O)[O-])OCCO2. The highest BCUT2D eigenvalue weighted by atomic mass is 16.6. The number of benzene rings is 2. The molecular weight excluding hydrogens is 358 g/mol. The summed E-state index contributed by atoms with van der Waals surface area (Å²) in [5, 5.41) is 11.3. The molecule has 0 saturated heterocycles. The minimum Gasteiger partial charge on any atom is -0.496 e. The molecule has 0 unspecified atom stereocenters. The molecule has 0 bridgehead atoms. The van der Waals surface area contributed by atoms with Crippen LogP contribution in [0.3, 0.4) is 0 Å². The van der Waals surface area contributed by atoms with E-state index in [9.17, 15) is 19.7 Å². The van der Waals surface area contributed by atoms with E-state index in [0.717, 1.165) is 6.07 Å². The van der Waals surface area contributed by atoms with Crippen molar-refractivity contribution in [3.63, 3.8) is 0 Å². The zero-order valence-corrected chi connectivity index (χ0v) is 14.3. The van der Waals surface area contributed by atoms with Crippen molar-refractivity contribution in [1.29, 1.82) is 0 Å². The molecule has 0 saturated carbocycles. The van der Waals surface area contributed by atoms with Crippen LogP contribution in [0.1, 0.15) is 20.7 Å². The van der Waals surface area contributed by atoms with Gasteiger partial charge in [-0.05, 0) is 12.1 Å². The maximum Gasteiger partial charge on any atom is 0.345 e. The van der Waals surface area contributed by atoms with Gasteiger partial charge in [-0.3, -0.25) is 14.9 Å². The quantitative estimate of drug-likeness (QED) is 0.328. The molecule has 9 heteroatoms. The van der Waals surface area contributed by atoms with Crippen LogP contribution in [0.4, 0.5) is 5.69 Å². The molecule has 140 valence electrons. The second-order valence-corrected chi connectivity index (χ2v) is 5.47. The lowest BCUT2D eigenvalue weighted by atomic mass is 10.1. The fraction of sp³-hybridized carbons (Fsp3) is 0.222. The number of ether oxygens (including phenoxy) is 4. The van der Waals surface area contributed by atoms with Crippen molar-refractivity contribution in [3.8, 4) is 17.2 Å². The first-order valence-electron chi connectivity index (χ1n) is 7.92. The predicted octanol–water partition coefficient (Wildman–Crippen LogP) is 2.41. The van der Waals surface area contributed by atoms with Crippen molar-refractivity contribution in [2.45, 2.75) is 0 Å². The van der Waals surface area contributed by atoms with Crippen LogP contribution in [-0.4, -0.2) is 43.6 Å². The van der Waals surface area contributed by atoms with Crippen molar-refractivity contribution in [2.24, 2.45) is 0 Å². The van der Waals surface area contributed by atoms with Crippen molar-refractivity contribution in [2.75, 3.05) is 26.9 Å².